The molecule has 1 amide bonds. The maximum atomic E-state index is 11.7. The number of carbonyl (C=O) groups is 2. The summed E-state index contributed by atoms with van der Waals surface area (Å²) < 4.78 is 4.68. The highest BCUT2D eigenvalue weighted by molar-refractivity contribution is 5.86. The second-order valence-corrected chi connectivity index (χ2v) is 4.50. The zero-order valence-electron chi connectivity index (χ0n) is 10.5. The molecule has 2 rings (SSSR count). The van der Waals surface area contributed by atoms with Crippen molar-refractivity contribution in [2.75, 3.05) is 20.2 Å². The van der Waals surface area contributed by atoms with Gasteiger partial charge in [-0.1, -0.05) is 30.3 Å². The Morgan fingerprint density at radius 1 is 1.39 bits per heavy atom. The molecule has 0 unspecified atom stereocenters. The normalized spacial score (nSPS) is 19.1. The summed E-state index contributed by atoms with van der Waals surface area (Å²) in [6.45, 7) is 1.15. The van der Waals surface area contributed by atoms with Gasteiger partial charge in [0.05, 0.1) is 13.0 Å². The van der Waals surface area contributed by atoms with Crippen LogP contribution >= 0.6 is 0 Å². The van der Waals surface area contributed by atoms with Crippen LogP contribution in [0, 0.1) is 5.92 Å². The van der Waals surface area contributed by atoms with Crippen LogP contribution in [0.2, 0.25) is 0 Å². The molecular weight excluding hydrogens is 230 g/mol. The number of likely N-dealkylation sites (tertiary alicyclic amines) is 1. The molecule has 1 fully saturated rings. The fraction of sp³-hybridized carbons (Fsp3) is 0.429. The van der Waals surface area contributed by atoms with Gasteiger partial charge >= 0.3 is 5.97 Å². The molecule has 0 N–H and O–H groups in total. The van der Waals surface area contributed by atoms with Crippen LogP contribution in [0.4, 0.5) is 0 Å². The highest BCUT2D eigenvalue weighted by Gasteiger charge is 2.34. The lowest BCUT2D eigenvalue weighted by Gasteiger charge is -2.16. The second kappa shape index (κ2) is 5.67. The molecule has 1 saturated heterocycles. The minimum absolute atomic E-state index is 0.0429. The molecular formula is C14H17NO3. The first-order valence-electron chi connectivity index (χ1n) is 6.10. The van der Waals surface area contributed by atoms with E-state index in [0.717, 1.165) is 6.42 Å². The Balaban J connectivity index is 1.87. The molecule has 4 nitrogen and oxygen atoms in total. The van der Waals surface area contributed by atoms with Gasteiger partial charge in [0.15, 0.2) is 0 Å². The Morgan fingerprint density at radius 2 is 2.11 bits per heavy atom. The molecule has 0 saturated carbocycles. The van der Waals surface area contributed by atoms with E-state index < -0.39 is 0 Å². The largest absolute Gasteiger partial charge is 0.469 e. The first kappa shape index (κ1) is 12.6. The number of rotatable bonds is 4. The summed E-state index contributed by atoms with van der Waals surface area (Å²) in [6.07, 6.45) is 1.10. The summed E-state index contributed by atoms with van der Waals surface area (Å²) in [5.41, 5.74) is 1.20. The quantitative estimate of drug-likeness (QED) is 0.752. The number of hydrogen-bond acceptors (Lipinski definition) is 3. The van der Waals surface area contributed by atoms with Crippen LogP contribution < -0.4 is 0 Å². The predicted molar refractivity (Wildman–Crippen MR) is 66.8 cm³/mol. The van der Waals surface area contributed by atoms with Crippen LogP contribution in [-0.4, -0.2) is 37.0 Å². The van der Waals surface area contributed by atoms with Crippen molar-refractivity contribution in [3.05, 3.63) is 35.9 Å². The Morgan fingerprint density at radius 3 is 2.78 bits per heavy atom. The monoisotopic (exact) mass is 247 g/mol. The van der Waals surface area contributed by atoms with Gasteiger partial charge in [0.2, 0.25) is 5.91 Å². The third-order valence-electron chi connectivity index (χ3n) is 3.26. The van der Waals surface area contributed by atoms with Crippen LogP contribution in [0.5, 0.6) is 0 Å². The van der Waals surface area contributed by atoms with Crippen molar-refractivity contribution in [2.45, 2.75) is 12.8 Å². The first-order valence-corrected chi connectivity index (χ1v) is 6.10. The van der Waals surface area contributed by atoms with Gasteiger partial charge in [0, 0.05) is 19.5 Å². The molecule has 96 valence electrons. The highest BCUT2D eigenvalue weighted by atomic mass is 16.5. The average Bonchev–Trinajstić information content (AvgIpc) is 2.78. The smallest absolute Gasteiger partial charge is 0.310 e. The SMILES string of the molecule is COC(=O)[C@H]1CC(=O)N(CCc2ccccc2)C1. The molecule has 0 aromatic heterocycles. The third kappa shape index (κ3) is 2.88. The Kier molecular flexibility index (Phi) is 3.97. The number of benzene rings is 1. The zero-order valence-corrected chi connectivity index (χ0v) is 10.5. The number of carbonyl (C=O) groups excluding carboxylic acids is 2. The van der Waals surface area contributed by atoms with Gasteiger partial charge in [-0.3, -0.25) is 9.59 Å². The molecule has 1 aromatic carbocycles. The number of nitrogens with zero attached hydrogens (tertiary/aromatic N) is 1. The van der Waals surface area contributed by atoms with Gasteiger partial charge in [-0.15, -0.1) is 0 Å². The Labute approximate surface area is 107 Å². The van der Waals surface area contributed by atoms with Crippen molar-refractivity contribution in [3.8, 4) is 0 Å². The third-order valence-corrected chi connectivity index (χ3v) is 3.26. The van der Waals surface area contributed by atoms with Gasteiger partial charge in [-0.2, -0.15) is 0 Å². The Hall–Kier alpha value is -1.84. The van der Waals surface area contributed by atoms with Gasteiger partial charge in [0.1, 0.15) is 0 Å². The molecule has 0 spiro atoms. The van der Waals surface area contributed by atoms with Gasteiger partial charge in [-0.25, -0.2) is 0 Å². The molecule has 1 aliphatic heterocycles. The lowest BCUT2D eigenvalue weighted by Crippen LogP contribution is -2.28. The fourth-order valence-electron chi connectivity index (χ4n) is 2.22. The first-order chi connectivity index (χ1) is 8.70. The standard InChI is InChI=1S/C14H17NO3/c1-18-14(17)12-9-13(16)15(10-12)8-7-11-5-3-2-4-6-11/h2-6,12H,7-10H2,1H3/t12-/m0/s1. The molecule has 1 aliphatic rings. The molecule has 0 aliphatic carbocycles. The molecule has 4 heteroatoms. The lowest BCUT2D eigenvalue weighted by molar-refractivity contribution is -0.145. The summed E-state index contributed by atoms with van der Waals surface area (Å²) in [5.74, 6) is -0.537. The molecule has 0 bridgehead atoms. The lowest BCUT2D eigenvalue weighted by atomic mass is 10.1. The second-order valence-electron chi connectivity index (χ2n) is 4.50. The summed E-state index contributed by atoms with van der Waals surface area (Å²) in [4.78, 5) is 24.9. The maximum Gasteiger partial charge on any atom is 0.310 e. The number of esters is 1. The van der Waals surface area contributed by atoms with Crippen molar-refractivity contribution < 1.29 is 14.3 Å². The minimum Gasteiger partial charge on any atom is -0.469 e. The van der Waals surface area contributed by atoms with E-state index in [2.05, 4.69) is 4.74 Å². The van der Waals surface area contributed by atoms with Gasteiger partial charge in [0.25, 0.3) is 0 Å². The van der Waals surface area contributed by atoms with E-state index in [1.54, 1.807) is 4.90 Å². The van der Waals surface area contributed by atoms with Crippen LogP contribution in [0.25, 0.3) is 0 Å². The summed E-state index contributed by atoms with van der Waals surface area (Å²) >= 11 is 0. The molecule has 1 atom stereocenters. The van der Waals surface area contributed by atoms with Crippen LogP contribution in [-0.2, 0) is 20.7 Å². The summed E-state index contributed by atoms with van der Waals surface area (Å²) in [7, 11) is 1.36. The van der Waals surface area contributed by atoms with E-state index in [1.165, 1.54) is 12.7 Å². The van der Waals surface area contributed by atoms with E-state index >= 15 is 0 Å². The molecule has 1 aromatic rings. The number of amides is 1. The van der Waals surface area contributed by atoms with Crippen molar-refractivity contribution in [3.63, 3.8) is 0 Å². The number of ether oxygens (including phenoxy) is 1. The average molecular weight is 247 g/mol. The summed E-state index contributed by atoms with van der Waals surface area (Å²) in [5, 5.41) is 0. The molecule has 1 heterocycles. The topological polar surface area (TPSA) is 46.6 Å². The molecule has 18 heavy (non-hydrogen) atoms. The van der Waals surface area contributed by atoms with E-state index in [9.17, 15) is 9.59 Å². The van der Waals surface area contributed by atoms with Gasteiger partial charge < -0.3 is 9.64 Å². The fourth-order valence-corrected chi connectivity index (χ4v) is 2.22. The zero-order chi connectivity index (χ0) is 13.0. The van der Waals surface area contributed by atoms with Crippen molar-refractivity contribution in [1.29, 1.82) is 0 Å². The number of methoxy groups -OCH3 is 1. The number of hydrogen-bond donors (Lipinski definition) is 0. The van der Waals surface area contributed by atoms with Crippen LogP contribution in [0.3, 0.4) is 0 Å². The van der Waals surface area contributed by atoms with E-state index in [1.807, 2.05) is 30.3 Å². The van der Waals surface area contributed by atoms with E-state index in [4.69, 9.17) is 0 Å². The van der Waals surface area contributed by atoms with E-state index in [-0.39, 0.29) is 24.2 Å². The van der Waals surface area contributed by atoms with Crippen LogP contribution in [0.15, 0.2) is 30.3 Å². The summed E-state index contributed by atoms with van der Waals surface area (Å²) in [6, 6.07) is 10.0. The predicted octanol–water partition coefficient (Wildman–Crippen LogP) is 1.25. The Bertz CT molecular complexity index is 430. The highest BCUT2D eigenvalue weighted by Crippen LogP contribution is 2.19. The van der Waals surface area contributed by atoms with Crippen molar-refractivity contribution in [2.24, 2.45) is 5.92 Å². The minimum atomic E-state index is -0.293. The molecule has 0 radical (unpaired) electrons. The maximum absolute atomic E-state index is 11.7. The van der Waals surface area contributed by atoms with Crippen molar-refractivity contribution in [1.82, 2.24) is 4.90 Å². The van der Waals surface area contributed by atoms with Crippen LogP contribution in [0.1, 0.15) is 12.0 Å². The van der Waals surface area contributed by atoms with Crippen molar-refractivity contribution >= 4 is 11.9 Å². The van der Waals surface area contributed by atoms with Gasteiger partial charge in [-0.05, 0) is 12.0 Å². The van der Waals surface area contributed by atoms with E-state index in [0.29, 0.717) is 13.1 Å².